The van der Waals surface area contributed by atoms with Crippen LogP contribution in [0.25, 0.3) is 0 Å². The smallest absolute Gasteiger partial charge is 0.230 e. The van der Waals surface area contributed by atoms with Gasteiger partial charge < -0.3 is 11.1 Å². The molecule has 0 saturated heterocycles. The molecule has 0 bridgehead atoms. The summed E-state index contributed by atoms with van der Waals surface area (Å²) in [5, 5.41) is 11.3. The number of thioether (sulfide) groups is 1. The number of aromatic nitrogens is 3. The van der Waals surface area contributed by atoms with Gasteiger partial charge >= 0.3 is 0 Å². The summed E-state index contributed by atoms with van der Waals surface area (Å²) in [6.07, 6.45) is 3.37. The van der Waals surface area contributed by atoms with Crippen molar-refractivity contribution < 1.29 is 4.79 Å². The van der Waals surface area contributed by atoms with Crippen molar-refractivity contribution in [2.45, 2.75) is 51.2 Å². The number of anilines is 1. The lowest BCUT2D eigenvalue weighted by Gasteiger charge is -2.14. The Morgan fingerprint density at radius 1 is 1.35 bits per heavy atom. The fraction of sp³-hybridized carbons (Fsp3) is 0.769. The van der Waals surface area contributed by atoms with Crippen LogP contribution in [0.1, 0.15) is 40.0 Å². The summed E-state index contributed by atoms with van der Waals surface area (Å²) in [6.45, 7) is 6.47. The van der Waals surface area contributed by atoms with E-state index in [-0.39, 0.29) is 11.9 Å². The van der Waals surface area contributed by atoms with Crippen LogP contribution < -0.4 is 11.1 Å². The van der Waals surface area contributed by atoms with Crippen molar-refractivity contribution in [2.75, 3.05) is 11.5 Å². The second kappa shape index (κ2) is 8.14. The van der Waals surface area contributed by atoms with Crippen LogP contribution in [0, 0.1) is 5.92 Å². The molecule has 0 aromatic carbocycles. The Morgan fingerprint density at radius 3 is 2.60 bits per heavy atom. The van der Waals surface area contributed by atoms with Crippen LogP contribution in [0.15, 0.2) is 5.16 Å². The average Bonchev–Trinajstić information content (AvgIpc) is 2.67. The molecule has 0 saturated carbocycles. The van der Waals surface area contributed by atoms with E-state index in [0.29, 0.717) is 16.9 Å². The molecule has 1 rings (SSSR count). The standard InChI is InChI=1S/C13H25N5OS/c1-9(2)6-5-7-10(3)15-11(19)8-20-13-17-16-12(14)18(13)4/h9-10H,5-8H2,1-4H3,(H2,14,16)(H,15,19). The van der Waals surface area contributed by atoms with Gasteiger partial charge in [0.2, 0.25) is 11.9 Å². The van der Waals surface area contributed by atoms with Gasteiger partial charge in [-0.1, -0.05) is 38.5 Å². The molecule has 1 aromatic rings. The van der Waals surface area contributed by atoms with Gasteiger partial charge in [0.05, 0.1) is 5.75 Å². The van der Waals surface area contributed by atoms with Gasteiger partial charge in [0.1, 0.15) is 0 Å². The number of carbonyl (C=O) groups excluding carboxylic acids is 1. The van der Waals surface area contributed by atoms with Crippen molar-refractivity contribution in [1.29, 1.82) is 0 Å². The third-order valence-corrected chi connectivity index (χ3v) is 4.05. The number of hydrogen-bond acceptors (Lipinski definition) is 5. The van der Waals surface area contributed by atoms with E-state index in [2.05, 4.69) is 29.4 Å². The number of nitrogens with zero attached hydrogens (tertiary/aromatic N) is 3. The van der Waals surface area contributed by atoms with E-state index in [0.717, 1.165) is 18.8 Å². The van der Waals surface area contributed by atoms with Gasteiger partial charge in [0.25, 0.3) is 0 Å². The largest absolute Gasteiger partial charge is 0.368 e. The molecule has 0 fully saturated rings. The topological polar surface area (TPSA) is 85.8 Å². The van der Waals surface area contributed by atoms with E-state index in [1.54, 1.807) is 11.6 Å². The molecule has 20 heavy (non-hydrogen) atoms. The van der Waals surface area contributed by atoms with Crippen LogP contribution in [0.2, 0.25) is 0 Å². The summed E-state index contributed by atoms with van der Waals surface area (Å²) in [7, 11) is 1.78. The van der Waals surface area contributed by atoms with Crippen LogP contribution in [0.5, 0.6) is 0 Å². The van der Waals surface area contributed by atoms with E-state index >= 15 is 0 Å². The molecule has 1 unspecified atom stereocenters. The van der Waals surface area contributed by atoms with Crippen molar-refractivity contribution in [2.24, 2.45) is 13.0 Å². The molecule has 0 aliphatic rings. The molecule has 1 atom stereocenters. The zero-order valence-electron chi connectivity index (χ0n) is 12.7. The third kappa shape index (κ3) is 5.81. The van der Waals surface area contributed by atoms with Gasteiger partial charge in [-0.15, -0.1) is 10.2 Å². The predicted molar refractivity (Wildman–Crippen MR) is 82.4 cm³/mol. The van der Waals surface area contributed by atoms with Crippen LogP contribution in [-0.4, -0.2) is 32.5 Å². The van der Waals surface area contributed by atoms with Crippen molar-refractivity contribution in [3.63, 3.8) is 0 Å². The lowest BCUT2D eigenvalue weighted by atomic mass is 10.0. The normalized spacial score (nSPS) is 12.7. The molecule has 114 valence electrons. The van der Waals surface area contributed by atoms with E-state index < -0.39 is 0 Å². The Labute approximate surface area is 124 Å². The SMILES string of the molecule is CC(C)CCCC(C)NC(=O)CSc1nnc(N)n1C. The molecule has 3 N–H and O–H groups in total. The molecular weight excluding hydrogens is 274 g/mol. The lowest BCUT2D eigenvalue weighted by molar-refractivity contribution is -0.119. The van der Waals surface area contributed by atoms with E-state index in [1.165, 1.54) is 18.2 Å². The number of hydrogen-bond donors (Lipinski definition) is 2. The molecular formula is C13H25N5OS. The van der Waals surface area contributed by atoms with Crippen molar-refractivity contribution >= 4 is 23.6 Å². The Morgan fingerprint density at radius 2 is 2.05 bits per heavy atom. The summed E-state index contributed by atoms with van der Waals surface area (Å²) in [4.78, 5) is 11.8. The maximum Gasteiger partial charge on any atom is 0.230 e. The maximum atomic E-state index is 11.8. The lowest BCUT2D eigenvalue weighted by Crippen LogP contribution is -2.33. The number of nitrogen functional groups attached to an aromatic ring is 1. The molecule has 1 heterocycles. The van der Waals surface area contributed by atoms with Crippen molar-refractivity contribution in [1.82, 2.24) is 20.1 Å². The first-order chi connectivity index (χ1) is 9.40. The predicted octanol–water partition coefficient (Wildman–Crippen LogP) is 1.82. The number of nitrogens with one attached hydrogen (secondary N) is 1. The highest BCUT2D eigenvalue weighted by Gasteiger charge is 2.11. The summed E-state index contributed by atoms with van der Waals surface area (Å²) in [5.41, 5.74) is 5.58. The van der Waals surface area contributed by atoms with E-state index in [9.17, 15) is 4.79 Å². The fourth-order valence-corrected chi connectivity index (χ4v) is 2.53. The van der Waals surface area contributed by atoms with Gasteiger partial charge in [0, 0.05) is 13.1 Å². The quantitative estimate of drug-likeness (QED) is 0.715. The van der Waals surface area contributed by atoms with Gasteiger partial charge in [0.15, 0.2) is 5.16 Å². The maximum absolute atomic E-state index is 11.8. The van der Waals surface area contributed by atoms with E-state index in [1.807, 2.05) is 6.92 Å². The second-order valence-electron chi connectivity index (χ2n) is 5.48. The number of nitrogens with two attached hydrogens (primary N) is 1. The Bertz CT molecular complexity index is 432. The number of rotatable bonds is 8. The minimum atomic E-state index is 0.0219. The molecule has 1 aromatic heterocycles. The third-order valence-electron chi connectivity index (χ3n) is 3.03. The van der Waals surface area contributed by atoms with Crippen molar-refractivity contribution in [3.05, 3.63) is 0 Å². The van der Waals surface area contributed by atoms with Gasteiger partial charge in [-0.05, 0) is 19.3 Å². The molecule has 0 spiro atoms. The Kier molecular flexibility index (Phi) is 6.84. The minimum Gasteiger partial charge on any atom is -0.368 e. The molecule has 6 nitrogen and oxygen atoms in total. The molecule has 0 aliphatic heterocycles. The highest BCUT2D eigenvalue weighted by Crippen LogP contribution is 2.16. The fourth-order valence-electron chi connectivity index (χ4n) is 1.80. The molecule has 1 amide bonds. The summed E-state index contributed by atoms with van der Waals surface area (Å²) < 4.78 is 1.67. The monoisotopic (exact) mass is 299 g/mol. The average molecular weight is 299 g/mol. The van der Waals surface area contributed by atoms with Gasteiger partial charge in [-0.2, -0.15) is 0 Å². The second-order valence-corrected chi connectivity index (χ2v) is 6.42. The number of amides is 1. The van der Waals surface area contributed by atoms with Crippen molar-refractivity contribution in [3.8, 4) is 0 Å². The summed E-state index contributed by atoms with van der Waals surface area (Å²) >= 11 is 1.34. The zero-order valence-corrected chi connectivity index (χ0v) is 13.5. The summed E-state index contributed by atoms with van der Waals surface area (Å²) in [5.74, 6) is 1.43. The van der Waals surface area contributed by atoms with Crippen LogP contribution in [-0.2, 0) is 11.8 Å². The molecule has 7 heteroatoms. The van der Waals surface area contributed by atoms with Crippen LogP contribution in [0.4, 0.5) is 5.95 Å². The summed E-state index contributed by atoms with van der Waals surface area (Å²) in [6, 6.07) is 0.214. The first-order valence-electron chi connectivity index (χ1n) is 6.97. The van der Waals surface area contributed by atoms with E-state index in [4.69, 9.17) is 5.73 Å². The highest BCUT2D eigenvalue weighted by molar-refractivity contribution is 7.99. The number of carbonyl (C=O) groups is 1. The minimum absolute atomic E-state index is 0.0219. The molecule has 0 radical (unpaired) electrons. The Balaban J connectivity index is 2.24. The van der Waals surface area contributed by atoms with Crippen LogP contribution in [0.3, 0.4) is 0 Å². The first kappa shape index (κ1) is 16.8. The highest BCUT2D eigenvalue weighted by atomic mass is 32.2. The van der Waals surface area contributed by atoms with Gasteiger partial charge in [-0.3, -0.25) is 9.36 Å². The van der Waals surface area contributed by atoms with Crippen LogP contribution >= 0.6 is 11.8 Å². The first-order valence-corrected chi connectivity index (χ1v) is 7.95. The molecule has 0 aliphatic carbocycles. The zero-order chi connectivity index (χ0) is 15.1. The Hall–Kier alpha value is -1.24. The van der Waals surface area contributed by atoms with Gasteiger partial charge in [-0.25, -0.2) is 0 Å².